The number of halogens is 1. The molecule has 0 spiro atoms. The van der Waals surface area contributed by atoms with Crippen LogP contribution in [-0.4, -0.2) is 5.91 Å². The van der Waals surface area contributed by atoms with Crippen molar-refractivity contribution in [2.75, 3.05) is 5.32 Å². The van der Waals surface area contributed by atoms with E-state index in [1.54, 1.807) is 6.07 Å². The molecule has 1 amide bonds. The van der Waals surface area contributed by atoms with Crippen LogP contribution in [0.5, 0.6) is 0 Å². The number of benzene rings is 1. The van der Waals surface area contributed by atoms with Crippen molar-refractivity contribution in [3.8, 4) is 6.07 Å². The molecule has 1 N–H and O–H groups in total. The highest BCUT2D eigenvalue weighted by atomic mass is 19.1. The molecule has 14 heavy (non-hydrogen) atoms. The Kier molecular flexibility index (Phi) is 2.82. The maximum absolute atomic E-state index is 13.3. The second kappa shape index (κ2) is 3.88. The fraction of sp³-hybridized carbons (Fsp3) is 0.200. The Hall–Kier alpha value is -1.89. The SMILES string of the molecule is CC(=O)Nc1ccc(C#N)c(F)c1C. The zero-order chi connectivity index (χ0) is 10.7. The van der Waals surface area contributed by atoms with Gasteiger partial charge in [0, 0.05) is 18.2 Å². The van der Waals surface area contributed by atoms with Crippen LogP contribution in [0.4, 0.5) is 10.1 Å². The lowest BCUT2D eigenvalue weighted by molar-refractivity contribution is -0.114. The first-order valence-corrected chi connectivity index (χ1v) is 4.03. The number of hydrogen-bond acceptors (Lipinski definition) is 2. The summed E-state index contributed by atoms with van der Waals surface area (Å²) in [7, 11) is 0. The van der Waals surface area contributed by atoms with Crippen molar-refractivity contribution in [1.29, 1.82) is 5.26 Å². The first-order valence-electron chi connectivity index (χ1n) is 4.03. The molecule has 1 aromatic rings. The zero-order valence-electron chi connectivity index (χ0n) is 7.89. The number of carbonyl (C=O) groups is 1. The third-order valence-corrected chi connectivity index (χ3v) is 1.82. The lowest BCUT2D eigenvalue weighted by Crippen LogP contribution is -2.08. The number of nitriles is 1. The van der Waals surface area contributed by atoms with Crippen LogP contribution in [0.1, 0.15) is 18.1 Å². The van der Waals surface area contributed by atoms with Gasteiger partial charge in [0.2, 0.25) is 5.91 Å². The van der Waals surface area contributed by atoms with Gasteiger partial charge in [0.25, 0.3) is 0 Å². The number of hydrogen-bond donors (Lipinski definition) is 1. The summed E-state index contributed by atoms with van der Waals surface area (Å²) < 4.78 is 13.3. The lowest BCUT2D eigenvalue weighted by Gasteiger charge is -2.07. The number of amides is 1. The molecule has 1 rings (SSSR count). The maximum atomic E-state index is 13.3. The van der Waals surface area contributed by atoms with E-state index >= 15 is 0 Å². The van der Waals surface area contributed by atoms with Crippen LogP contribution in [0, 0.1) is 24.1 Å². The summed E-state index contributed by atoms with van der Waals surface area (Å²) in [5.74, 6) is -0.851. The monoisotopic (exact) mass is 192 g/mol. The molecule has 0 aromatic heterocycles. The maximum Gasteiger partial charge on any atom is 0.221 e. The van der Waals surface area contributed by atoms with Crippen molar-refractivity contribution >= 4 is 11.6 Å². The molecule has 0 fully saturated rings. The summed E-state index contributed by atoms with van der Waals surface area (Å²) in [6, 6.07) is 4.58. The molecule has 4 heteroatoms. The van der Waals surface area contributed by atoms with Gasteiger partial charge in [-0.3, -0.25) is 4.79 Å². The minimum Gasteiger partial charge on any atom is -0.326 e. The fourth-order valence-corrected chi connectivity index (χ4v) is 1.10. The highest BCUT2D eigenvalue weighted by molar-refractivity contribution is 5.89. The number of anilines is 1. The number of rotatable bonds is 1. The molecule has 0 aliphatic rings. The Labute approximate surface area is 81.2 Å². The van der Waals surface area contributed by atoms with Crippen molar-refractivity contribution in [2.45, 2.75) is 13.8 Å². The third kappa shape index (κ3) is 1.88. The summed E-state index contributed by atoms with van der Waals surface area (Å²) in [6.07, 6.45) is 0. The van der Waals surface area contributed by atoms with Gasteiger partial charge in [-0.05, 0) is 19.1 Å². The summed E-state index contributed by atoms with van der Waals surface area (Å²) in [5, 5.41) is 11.0. The van der Waals surface area contributed by atoms with E-state index in [9.17, 15) is 9.18 Å². The van der Waals surface area contributed by atoms with Gasteiger partial charge < -0.3 is 5.32 Å². The van der Waals surface area contributed by atoms with Crippen LogP contribution in [0.3, 0.4) is 0 Å². The smallest absolute Gasteiger partial charge is 0.221 e. The highest BCUT2D eigenvalue weighted by Crippen LogP contribution is 2.20. The van der Waals surface area contributed by atoms with Gasteiger partial charge in [-0.15, -0.1) is 0 Å². The molecular weight excluding hydrogens is 183 g/mol. The predicted molar refractivity (Wildman–Crippen MR) is 50.2 cm³/mol. The molecule has 0 saturated carbocycles. The molecular formula is C10H9FN2O. The van der Waals surface area contributed by atoms with Gasteiger partial charge >= 0.3 is 0 Å². The Bertz CT molecular complexity index is 421. The molecule has 0 atom stereocenters. The molecule has 0 radical (unpaired) electrons. The van der Waals surface area contributed by atoms with E-state index in [0.29, 0.717) is 5.69 Å². The van der Waals surface area contributed by atoms with Crippen molar-refractivity contribution in [3.05, 3.63) is 29.1 Å². The summed E-state index contributed by atoms with van der Waals surface area (Å²) in [4.78, 5) is 10.7. The average Bonchev–Trinajstić information content (AvgIpc) is 2.13. The quantitative estimate of drug-likeness (QED) is 0.739. The second-order valence-corrected chi connectivity index (χ2v) is 2.89. The first kappa shape index (κ1) is 10.2. The van der Waals surface area contributed by atoms with Crippen LogP contribution in [-0.2, 0) is 4.79 Å². The molecule has 0 aliphatic carbocycles. The molecule has 0 bridgehead atoms. The van der Waals surface area contributed by atoms with E-state index in [1.807, 2.05) is 0 Å². The van der Waals surface area contributed by atoms with Crippen molar-refractivity contribution in [2.24, 2.45) is 0 Å². The summed E-state index contributed by atoms with van der Waals surface area (Å²) >= 11 is 0. The fourth-order valence-electron chi connectivity index (χ4n) is 1.10. The minimum absolute atomic E-state index is 0.0170. The average molecular weight is 192 g/mol. The largest absolute Gasteiger partial charge is 0.326 e. The normalized spacial score (nSPS) is 9.29. The van der Waals surface area contributed by atoms with E-state index in [2.05, 4.69) is 5.32 Å². The molecule has 1 aromatic carbocycles. The van der Waals surface area contributed by atoms with Gasteiger partial charge in [-0.1, -0.05) is 0 Å². The van der Waals surface area contributed by atoms with E-state index in [-0.39, 0.29) is 17.0 Å². The number of nitrogens with zero attached hydrogens (tertiary/aromatic N) is 1. The molecule has 0 unspecified atom stereocenters. The van der Waals surface area contributed by atoms with Crippen molar-refractivity contribution < 1.29 is 9.18 Å². The van der Waals surface area contributed by atoms with Crippen molar-refractivity contribution in [3.63, 3.8) is 0 Å². The van der Waals surface area contributed by atoms with Crippen LogP contribution < -0.4 is 5.32 Å². The summed E-state index contributed by atoms with van der Waals surface area (Å²) in [6.45, 7) is 2.86. The predicted octanol–water partition coefficient (Wildman–Crippen LogP) is 1.96. The topological polar surface area (TPSA) is 52.9 Å². The Balaban J connectivity index is 3.18. The first-order chi connectivity index (χ1) is 6.56. The van der Waals surface area contributed by atoms with Crippen LogP contribution in [0.25, 0.3) is 0 Å². The van der Waals surface area contributed by atoms with Crippen LogP contribution in [0.15, 0.2) is 12.1 Å². The Morgan fingerprint density at radius 2 is 2.21 bits per heavy atom. The third-order valence-electron chi connectivity index (χ3n) is 1.82. The number of carbonyl (C=O) groups excluding carboxylic acids is 1. The van der Waals surface area contributed by atoms with E-state index in [1.165, 1.54) is 26.0 Å². The lowest BCUT2D eigenvalue weighted by atomic mass is 10.1. The van der Waals surface area contributed by atoms with Crippen LogP contribution >= 0.6 is 0 Å². The van der Waals surface area contributed by atoms with Crippen molar-refractivity contribution in [1.82, 2.24) is 0 Å². The minimum atomic E-state index is -0.584. The van der Waals surface area contributed by atoms with Gasteiger partial charge in [0.15, 0.2) is 0 Å². The van der Waals surface area contributed by atoms with E-state index in [0.717, 1.165) is 0 Å². The molecule has 0 saturated heterocycles. The van der Waals surface area contributed by atoms with Gasteiger partial charge in [-0.2, -0.15) is 5.26 Å². The Morgan fingerprint density at radius 3 is 2.71 bits per heavy atom. The molecule has 3 nitrogen and oxygen atoms in total. The van der Waals surface area contributed by atoms with E-state index < -0.39 is 5.82 Å². The molecule has 72 valence electrons. The highest BCUT2D eigenvalue weighted by Gasteiger charge is 2.09. The number of nitrogens with one attached hydrogen (secondary N) is 1. The molecule has 0 heterocycles. The zero-order valence-corrected chi connectivity index (χ0v) is 7.89. The Morgan fingerprint density at radius 1 is 1.57 bits per heavy atom. The van der Waals surface area contributed by atoms with Gasteiger partial charge in [0.1, 0.15) is 11.9 Å². The van der Waals surface area contributed by atoms with Gasteiger partial charge in [0.05, 0.1) is 5.56 Å². The van der Waals surface area contributed by atoms with Crippen LogP contribution in [0.2, 0.25) is 0 Å². The van der Waals surface area contributed by atoms with Gasteiger partial charge in [-0.25, -0.2) is 4.39 Å². The summed E-state index contributed by atoms with van der Waals surface area (Å²) in [5.41, 5.74) is 0.657. The van der Waals surface area contributed by atoms with E-state index in [4.69, 9.17) is 5.26 Å². The molecule has 0 aliphatic heterocycles. The second-order valence-electron chi connectivity index (χ2n) is 2.89. The standard InChI is InChI=1S/C10H9FN2O/c1-6-9(13-7(2)14)4-3-8(5-12)10(6)11/h3-4H,1-2H3,(H,13,14).